The van der Waals surface area contributed by atoms with Crippen LogP contribution in [-0.4, -0.2) is 58.8 Å². The molecule has 1 spiro atoms. The van der Waals surface area contributed by atoms with Gasteiger partial charge >= 0.3 is 0 Å². The number of hydrogen-bond donors (Lipinski definition) is 1. The van der Waals surface area contributed by atoms with Crippen LogP contribution in [0.3, 0.4) is 0 Å². The average molecular weight is 382 g/mol. The number of hydrogen-bond acceptors (Lipinski definition) is 6. The molecule has 8 nitrogen and oxygen atoms in total. The number of rotatable bonds is 4. The summed E-state index contributed by atoms with van der Waals surface area (Å²) in [5.74, 6) is -0.964. The highest BCUT2D eigenvalue weighted by Crippen LogP contribution is 2.31. The van der Waals surface area contributed by atoms with Crippen molar-refractivity contribution in [3.8, 4) is 0 Å². The molecule has 2 fully saturated rings. The number of carbonyl (C=O) groups excluding carboxylic acids is 2. The first kappa shape index (κ1) is 18.5. The summed E-state index contributed by atoms with van der Waals surface area (Å²) in [5, 5.41) is 2.84. The number of nitrogens with zero attached hydrogens (tertiary/aromatic N) is 3. The van der Waals surface area contributed by atoms with E-state index in [1.54, 1.807) is 23.4 Å². The largest absolute Gasteiger partial charge is 0.348 e. The molecular formula is C20H22N4O4. The van der Waals surface area contributed by atoms with Gasteiger partial charge in [-0.1, -0.05) is 0 Å². The van der Waals surface area contributed by atoms with Gasteiger partial charge in [-0.15, -0.1) is 0 Å². The van der Waals surface area contributed by atoms with Crippen molar-refractivity contribution in [1.82, 2.24) is 20.2 Å². The van der Waals surface area contributed by atoms with Crippen LogP contribution < -0.4 is 5.32 Å². The van der Waals surface area contributed by atoms with Crippen molar-refractivity contribution in [1.29, 1.82) is 0 Å². The van der Waals surface area contributed by atoms with Crippen LogP contribution in [0.5, 0.6) is 0 Å². The predicted octanol–water partition coefficient (Wildman–Crippen LogP) is 1.39. The third-order valence-corrected chi connectivity index (χ3v) is 5.07. The summed E-state index contributed by atoms with van der Waals surface area (Å²) < 4.78 is 11.4. The van der Waals surface area contributed by atoms with Crippen LogP contribution in [0.2, 0.25) is 0 Å². The van der Waals surface area contributed by atoms with Gasteiger partial charge in [-0.25, -0.2) is 0 Å². The molecule has 2 aromatic heterocycles. The first-order valence-corrected chi connectivity index (χ1v) is 9.36. The van der Waals surface area contributed by atoms with Gasteiger partial charge in [-0.2, -0.15) is 0 Å². The lowest BCUT2D eigenvalue weighted by Gasteiger charge is -2.37. The van der Waals surface area contributed by atoms with Gasteiger partial charge in [-0.05, 0) is 29.8 Å². The highest BCUT2D eigenvalue weighted by molar-refractivity contribution is 5.98. The van der Waals surface area contributed by atoms with Crippen molar-refractivity contribution in [2.45, 2.75) is 25.2 Å². The number of nitrogens with one attached hydrogen (secondary N) is 1. The molecule has 28 heavy (non-hydrogen) atoms. The van der Waals surface area contributed by atoms with Gasteiger partial charge in [0.25, 0.3) is 11.8 Å². The van der Waals surface area contributed by atoms with E-state index in [1.165, 1.54) is 12.3 Å². The Bertz CT molecular complexity index is 842. The van der Waals surface area contributed by atoms with Crippen LogP contribution in [0.4, 0.5) is 0 Å². The summed E-state index contributed by atoms with van der Waals surface area (Å²) in [6.45, 7) is 2.68. The summed E-state index contributed by atoms with van der Waals surface area (Å²) in [7, 11) is 0. The summed E-state index contributed by atoms with van der Waals surface area (Å²) in [6, 6.07) is 6.81. The maximum atomic E-state index is 12.8. The second-order valence-electron chi connectivity index (χ2n) is 6.87. The van der Waals surface area contributed by atoms with Crippen LogP contribution in [0.25, 0.3) is 0 Å². The fraction of sp³-hybridized carbons (Fsp3) is 0.400. The van der Waals surface area contributed by atoms with E-state index < -0.39 is 5.79 Å². The summed E-state index contributed by atoms with van der Waals surface area (Å²) >= 11 is 0. The minimum Gasteiger partial charge on any atom is -0.348 e. The monoisotopic (exact) mass is 382 g/mol. The highest BCUT2D eigenvalue weighted by atomic mass is 16.7. The fourth-order valence-corrected chi connectivity index (χ4v) is 3.47. The molecule has 0 saturated carbocycles. The minimum absolute atomic E-state index is 0.184. The molecule has 2 saturated heterocycles. The zero-order chi connectivity index (χ0) is 19.4. The molecular weight excluding hydrogens is 360 g/mol. The summed E-state index contributed by atoms with van der Waals surface area (Å²) in [5.41, 5.74) is 1.62. The van der Waals surface area contributed by atoms with Crippen LogP contribution in [0.15, 0.2) is 42.9 Å². The van der Waals surface area contributed by atoms with Crippen molar-refractivity contribution < 1.29 is 19.1 Å². The maximum Gasteiger partial charge on any atom is 0.272 e. The molecule has 0 atom stereocenters. The van der Waals surface area contributed by atoms with E-state index >= 15 is 0 Å². The van der Waals surface area contributed by atoms with E-state index in [2.05, 4.69) is 15.3 Å². The molecule has 8 heteroatoms. The minimum atomic E-state index is -0.529. The zero-order valence-electron chi connectivity index (χ0n) is 15.5. The number of pyridine rings is 2. The Balaban J connectivity index is 1.37. The molecule has 4 heterocycles. The molecule has 4 rings (SSSR count). The Labute approximate surface area is 162 Å². The molecule has 2 amide bonds. The molecule has 0 bridgehead atoms. The lowest BCUT2D eigenvalue weighted by molar-refractivity contribution is -0.181. The third-order valence-electron chi connectivity index (χ3n) is 5.07. The van der Waals surface area contributed by atoms with Crippen molar-refractivity contribution >= 4 is 11.8 Å². The summed E-state index contributed by atoms with van der Waals surface area (Å²) in [4.78, 5) is 35.1. The number of aromatic nitrogens is 2. The fourth-order valence-electron chi connectivity index (χ4n) is 3.47. The molecule has 0 unspecified atom stereocenters. The Kier molecular flexibility index (Phi) is 5.31. The Morgan fingerprint density at radius 3 is 2.50 bits per heavy atom. The number of piperidine rings is 1. The van der Waals surface area contributed by atoms with Gasteiger partial charge in [0.15, 0.2) is 5.79 Å². The standard InChI is InChI=1S/C20H22N4O4/c25-18(23-14-15-1-6-21-7-2-15)16-3-8-22-17(13-16)19(26)24-9-4-20(5-10-24)27-11-12-28-20/h1-3,6-8,13H,4-5,9-12,14H2,(H,23,25). The number of amides is 2. The predicted molar refractivity (Wildman–Crippen MR) is 99.4 cm³/mol. The van der Waals surface area contributed by atoms with Gasteiger partial charge < -0.3 is 19.7 Å². The van der Waals surface area contributed by atoms with E-state index in [-0.39, 0.29) is 17.5 Å². The second-order valence-corrected chi connectivity index (χ2v) is 6.87. The van der Waals surface area contributed by atoms with Gasteiger partial charge in [0.2, 0.25) is 0 Å². The normalized spacial score (nSPS) is 18.2. The molecule has 2 aliphatic rings. The highest BCUT2D eigenvalue weighted by Gasteiger charge is 2.41. The molecule has 0 aliphatic carbocycles. The second kappa shape index (κ2) is 8.04. The van der Waals surface area contributed by atoms with Gasteiger partial charge in [0.05, 0.1) is 13.2 Å². The lowest BCUT2D eigenvalue weighted by atomic mass is 10.0. The van der Waals surface area contributed by atoms with Crippen molar-refractivity contribution in [2.75, 3.05) is 26.3 Å². The van der Waals surface area contributed by atoms with E-state index in [1.807, 2.05) is 12.1 Å². The van der Waals surface area contributed by atoms with Gasteiger partial charge in [0, 0.05) is 56.6 Å². The summed E-state index contributed by atoms with van der Waals surface area (Å²) in [6.07, 6.45) is 6.13. The third kappa shape index (κ3) is 4.02. The Morgan fingerprint density at radius 1 is 1.07 bits per heavy atom. The van der Waals surface area contributed by atoms with Crippen LogP contribution in [-0.2, 0) is 16.0 Å². The first-order chi connectivity index (χ1) is 13.7. The topological polar surface area (TPSA) is 93.7 Å². The molecule has 1 N–H and O–H groups in total. The number of carbonyl (C=O) groups is 2. The van der Waals surface area contributed by atoms with Crippen LogP contribution in [0, 0.1) is 0 Å². The quantitative estimate of drug-likeness (QED) is 0.859. The zero-order valence-corrected chi connectivity index (χ0v) is 15.5. The van der Waals surface area contributed by atoms with Gasteiger partial charge in [-0.3, -0.25) is 19.6 Å². The smallest absolute Gasteiger partial charge is 0.272 e. The van der Waals surface area contributed by atoms with Crippen molar-refractivity contribution in [2.24, 2.45) is 0 Å². The SMILES string of the molecule is O=C(NCc1ccncc1)c1ccnc(C(=O)N2CCC3(CC2)OCCO3)c1. The van der Waals surface area contributed by atoms with Crippen LogP contribution in [0.1, 0.15) is 39.3 Å². The van der Waals surface area contributed by atoms with E-state index in [4.69, 9.17) is 9.47 Å². The molecule has 0 aromatic carbocycles. The average Bonchev–Trinajstić information content (AvgIpc) is 3.21. The van der Waals surface area contributed by atoms with Crippen molar-refractivity contribution in [3.05, 3.63) is 59.7 Å². The maximum absolute atomic E-state index is 12.8. The molecule has 2 aromatic rings. The van der Waals surface area contributed by atoms with E-state index in [0.29, 0.717) is 51.3 Å². The van der Waals surface area contributed by atoms with Crippen molar-refractivity contribution in [3.63, 3.8) is 0 Å². The first-order valence-electron chi connectivity index (χ1n) is 9.36. The van der Waals surface area contributed by atoms with Gasteiger partial charge in [0.1, 0.15) is 5.69 Å². The molecule has 0 radical (unpaired) electrons. The Hall–Kier alpha value is -2.84. The number of likely N-dealkylation sites (tertiary alicyclic amines) is 1. The van der Waals surface area contributed by atoms with E-state index in [0.717, 1.165) is 5.56 Å². The lowest BCUT2D eigenvalue weighted by Crippen LogP contribution is -2.47. The molecule has 2 aliphatic heterocycles. The Morgan fingerprint density at radius 2 is 1.79 bits per heavy atom. The number of ether oxygens (including phenoxy) is 2. The molecule has 146 valence electrons. The van der Waals surface area contributed by atoms with E-state index in [9.17, 15) is 9.59 Å². The van der Waals surface area contributed by atoms with Crippen LogP contribution >= 0.6 is 0 Å².